The van der Waals surface area contributed by atoms with Gasteiger partial charge >= 0.3 is 12.2 Å². The summed E-state index contributed by atoms with van der Waals surface area (Å²) in [7, 11) is -3.41. The summed E-state index contributed by atoms with van der Waals surface area (Å²) in [6.45, 7) is 2.02. The SMILES string of the molecule is CCCS(=O)(=O)N1CCC(CNC(N)=O)(c2cccc(C(F)(F)F)n2)CC1. The number of urea groups is 1. The van der Waals surface area contributed by atoms with Gasteiger partial charge < -0.3 is 11.1 Å². The first kappa shape index (κ1) is 21.4. The van der Waals surface area contributed by atoms with Crippen LogP contribution in [0, 0.1) is 0 Å². The topological polar surface area (TPSA) is 105 Å². The van der Waals surface area contributed by atoms with E-state index in [1.807, 2.05) is 0 Å². The molecule has 1 aromatic heterocycles. The van der Waals surface area contributed by atoms with E-state index in [1.54, 1.807) is 6.92 Å². The molecule has 0 atom stereocenters. The Bertz CT molecular complexity index is 775. The van der Waals surface area contributed by atoms with Crippen molar-refractivity contribution in [2.24, 2.45) is 5.73 Å². The smallest absolute Gasteiger partial charge is 0.352 e. The number of piperidine rings is 1. The summed E-state index contributed by atoms with van der Waals surface area (Å²) in [5, 5.41) is 2.44. The highest BCUT2D eigenvalue weighted by Crippen LogP contribution is 2.37. The first-order chi connectivity index (χ1) is 12.5. The first-order valence-electron chi connectivity index (χ1n) is 8.56. The molecule has 1 aromatic rings. The van der Waals surface area contributed by atoms with Crippen LogP contribution in [0.15, 0.2) is 18.2 Å². The van der Waals surface area contributed by atoms with Crippen molar-refractivity contribution in [1.29, 1.82) is 0 Å². The maximum atomic E-state index is 13.0. The highest BCUT2D eigenvalue weighted by atomic mass is 32.2. The number of alkyl halides is 3. The maximum absolute atomic E-state index is 13.0. The number of rotatable bonds is 6. The van der Waals surface area contributed by atoms with Crippen LogP contribution in [0.5, 0.6) is 0 Å². The van der Waals surface area contributed by atoms with Crippen LogP contribution in [-0.4, -0.2) is 49.1 Å². The molecule has 1 saturated heterocycles. The lowest BCUT2D eigenvalue weighted by molar-refractivity contribution is -0.141. The Morgan fingerprint density at radius 1 is 1.33 bits per heavy atom. The Morgan fingerprint density at radius 2 is 1.96 bits per heavy atom. The summed E-state index contributed by atoms with van der Waals surface area (Å²) in [5.41, 5.74) is 3.34. The first-order valence-corrected chi connectivity index (χ1v) is 10.2. The van der Waals surface area contributed by atoms with E-state index in [9.17, 15) is 26.4 Å². The van der Waals surface area contributed by atoms with Gasteiger partial charge in [0.2, 0.25) is 10.0 Å². The summed E-state index contributed by atoms with van der Waals surface area (Å²) >= 11 is 0. The summed E-state index contributed by atoms with van der Waals surface area (Å²) in [6.07, 6.45) is -3.67. The molecule has 1 fully saturated rings. The summed E-state index contributed by atoms with van der Waals surface area (Å²) < 4.78 is 65.0. The van der Waals surface area contributed by atoms with Gasteiger partial charge in [-0.25, -0.2) is 22.5 Å². The molecule has 2 amide bonds. The quantitative estimate of drug-likeness (QED) is 0.749. The third-order valence-corrected chi connectivity index (χ3v) is 6.79. The number of amides is 2. The third-order valence-electron chi connectivity index (χ3n) is 4.72. The van der Waals surface area contributed by atoms with Gasteiger partial charge in [-0.15, -0.1) is 0 Å². The van der Waals surface area contributed by atoms with Gasteiger partial charge in [0.05, 0.1) is 5.75 Å². The summed E-state index contributed by atoms with van der Waals surface area (Å²) in [5.74, 6) is 0.0152. The molecular formula is C16H23F3N4O3S. The summed E-state index contributed by atoms with van der Waals surface area (Å²) in [4.78, 5) is 14.9. The molecule has 11 heteroatoms. The van der Waals surface area contributed by atoms with E-state index < -0.39 is 33.3 Å². The van der Waals surface area contributed by atoms with Gasteiger partial charge in [-0.3, -0.25) is 0 Å². The number of carbonyl (C=O) groups is 1. The van der Waals surface area contributed by atoms with Gasteiger partial charge in [-0.1, -0.05) is 13.0 Å². The number of hydrogen-bond donors (Lipinski definition) is 2. The van der Waals surface area contributed by atoms with Crippen LogP contribution in [0.2, 0.25) is 0 Å². The molecule has 2 heterocycles. The number of nitrogens with one attached hydrogen (secondary N) is 1. The van der Waals surface area contributed by atoms with E-state index in [2.05, 4.69) is 10.3 Å². The van der Waals surface area contributed by atoms with Crippen molar-refractivity contribution in [2.75, 3.05) is 25.4 Å². The van der Waals surface area contributed by atoms with Gasteiger partial charge in [-0.2, -0.15) is 13.2 Å². The zero-order valence-corrected chi connectivity index (χ0v) is 15.7. The normalized spacial score (nSPS) is 18.2. The van der Waals surface area contributed by atoms with Gasteiger partial charge in [0, 0.05) is 30.7 Å². The predicted octanol–water partition coefficient (Wildman–Crippen LogP) is 1.84. The molecule has 0 saturated carbocycles. The minimum absolute atomic E-state index is 0.0152. The molecule has 1 aliphatic heterocycles. The molecule has 0 unspecified atom stereocenters. The number of halogens is 3. The molecular weight excluding hydrogens is 385 g/mol. The van der Waals surface area contributed by atoms with Crippen LogP contribution in [-0.2, 0) is 21.6 Å². The average Bonchev–Trinajstić information content (AvgIpc) is 2.59. The molecule has 27 heavy (non-hydrogen) atoms. The lowest BCUT2D eigenvalue weighted by Crippen LogP contribution is -2.51. The molecule has 0 aliphatic carbocycles. The molecule has 2 rings (SSSR count). The predicted molar refractivity (Wildman–Crippen MR) is 93.4 cm³/mol. The van der Waals surface area contributed by atoms with E-state index in [1.165, 1.54) is 16.4 Å². The molecule has 0 bridgehead atoms. The fraction of sp³-hybridized carbons (Fsp3) is 0.625. The molecule has 1 aliphatic rings. The minimum atomic E-state index is -4.60. The third kappa shape index (κ3) is 5.10. The van der Waals surface area contributed by atoms with Gasteiger partial charge in [-0.05, 0) is 31.4 Å². The minimum Gasteiger partial charge on any atom is -0.352 e. The van der Waals surface area contributed by atoms with Crippen molar-refractivity contribution in [2.45, 2.75) is 37.8 Å². The molecule has 0 aromatic carbocycles. The highest BCUT2D eigenvalue weighted by Gasteiger charge is 2.42. The second-order valence-electron chi connectivity index (χ2n) is 6.62. The Labute approximate surface area is 156 Å². The monoisotopic (exact) mass is 408 g/mol. The fourth-order valence-electron chi connectivity index (χ4n) is 3.25. The molecule has 3 N–H and O–H groups in total. The van der Waals surface area contributed by atoms with Crippen molar-refractivity contribution in [1.82, 2.24) is 14.6 Å². The van der Waals surface area contributed by atoms with E-state index >= 15 is 0 Å². The average molecular weight is 408 g/mol. The number of hydrogen-bond acceptors (Lipinski definition) is 4. The van der Waals surface area contributed by atoms with Crippen LogP contribution >= 0.6 is 0 Å². The van der Waals surface area contributed by atoms with Crippen LogP contribution in [0.25, 0.3) is 0 Å². The Balaban J connectivity index is 2.32. The van der Waals surface area contributed by atoms with Crippen molar-refractivity contribution in [3.05, 3.63) is 29.6 Å². The van der Waals surface area contributed by atoms with Crippen molar-refractivity contribution in [3.63, 3.8) is 0 Å². The highest BCUT2D eigenvalue weighted by molar-refractivity contribution is 7.89. The zero-order chi connectivity index (χ0) is 20.3. The lowest BCUT2D eigenvalue weighted by Gasteiger charge is -2.41. The molecule has 0 radical (unpaired) electrons. The number of carbonyl (C=O) groups excluding carboxylic acids is 1. The van der Waals surface area contributed by atoms with Crippen molar-refractivity contribution in [3.8, 4) is 0 Å². The van der Waals surface area contributed by atoms with E-state index in [-0.39, 0.29) is 43.9 Å². The van der Waals surface area contributed by atoms with Crippen LogP contribution in [0.3, 0.4) is 0 Å². The number of sulfonamides is 1. The number of nitrogens with two attached hydrogens (primary N) is 1. The Morgan fingerprint density at radius 3 is 2.48 bits per heavy atom. The largest absolute Gasteiger partial charge is 0.433 e. The number of primary amides is 1. The number of pyridine rings is 1. The molecule has 7 nitrogen and oxygen atoms in total. The summed E-state index contributed by atoms with van der Waals surface area (Å²) in [6, 6.07) is 2.80. The zero-order valence-electron chi connectivity index (χ0n) is 14.9. The van der Waals surface area contributed by atoms with Crippen molar-refractivity contribution < 1.29 is 26.4 Å². The van der Waals surface area contributed by atoms with Crippen LogP contribution in [0.1, 0.15) is 37.6 Å². The van der Waals surface area contributed by atoms with Crippen LogP contribution < -0.4 is 11.1 Å². The number of nitrogens with zero attached hydrogens (tertiary/aromatic N) is 2. The van der Waals surface area contributed by atoms with Gasteiger partial charge in [0.1, 0.15) is 5.69 Å². The fourth-order valence-corrected chi connectivity index (χ4v) is 4.76. The van der Waals surface area contributed by atoms with Crippen LogP contribution in [0.4, 0.5) is 18.0 Å². The van der Waals surface area contributed by atoms with E-state index in [0.29, 0.717) is 6.42 Å². The van der Waals surface area contributed by atoms with Crippen molar-refractivity contribution >= 4 is 16.1 Å². The standard InChI is InChI=1S/C16H23F3N4O3S/c1-2-10-27(25,26)23-8-6-15(7-9-23,11-21-14(20)24)12-4-3-5-13(22-12)16(17,18)19/h3-5H,2,6-11H2,1H3,(H3,20,21,24). The van der Waals surface area contributed by atoms with E-state index in [0.717, 1.165) is 6.07 Å². The Kier molecular flexibility index (Phi) is 6.35. The van der Waals surface area contributed by atoms with Gasteiger partial charge in [0.15, 0.2) is 0 Å². The Hall–Kier alpha value is -1.88. The van der Waals surface area contributed by atoms with E-state index in [4.69, 9.17) is 5.73 Å². The second-order valence-corrected chi connectivity index (χ2v) is 8.71. The second kappa shape index (κ2) is 8.01. The molecule has 0 spiro atoms. The maximum Gasteiger partial charge on any atom is 0.433 e. The number of aromatic nitrogens is 1. The molecule has 152 valence electrons. The lowest BCUT2D eigenvalue weighted by atomic mass is 9.75. The van der Waals surface area contributed by atoms with Gasteiger partial charge in [0.25, 0.3) is 0 Å².